The molecule has 2 aromatic heterocycles. The van der Waals surface area contributed by atoms with Gasteiger partial charge in [-0.2, -0.15) is 16.9 Å². The van der Waals surface area contributed by atoms with Crippen LogP contribution >= 0.6 is 11.8 Å². The van der Waals surface area contributed by atoms with Crippen LogP contribution in [0.1, 0.15) is 56.3 Å². The van der Waals surface area contributed by atoms with E-state index in [1.807, 2.05) is 27.5 Å². The van der Waals surface area contributed by atoms with Crippen molar-refractivity contribution in [1.29, 1.82) is 0 Å². The van der Waals surface area contributed by atoms with Crippen LogP contribution in [-0.4, -0.2) is 56.2 Å². The molecule has 28 heavy (non-hydrogen) atoms. The Morgan fingerprint density at radius 1 is 1.25 bits per heavy atom. The average Bonchev–Trinajstić information content (AvgIpc) is 3.18. The molecule has 1 aliphatic heterocycles. The van der Waals surface area contributed by atoms with Gasteiger partial charge in [-0.3, -0.25) is 4.79 Å². The van der Waals surface area contributed by atoms with Gasteiger partial charge in [-0.05, 0) is 32.6 Å². The smallest absolute Gasteiger partial charge is 0.257 e. The summed E-state index contributed by atoms with van der Waals surface area (Å²) < 4.78 is 1.90. The Kier molecular flexibility index (Phi) is 6.09. The molecule has 0 bridgehead atoms. The van der Waals surface area contributed by atoms with E-state index < -0.39 is 0 Å². The Morgan fingerprint density at radius 3 is 2.71 bits per heavy atom. The first-order valence-electron chi connectivity index (χ1n) is 10.7. The third-order valence-corrected chi connectivity index (χ3v) is 7.17. The summed E-state index contributed by atoms with van der Waals surface area (Å²) in [6.45, 7) is 6.72. The van der Waals surface area contributed by atoms with E-state index in [4.69, 9.17) is 0 Å². The monoisotopic (exact) mass is 401 g/mol. The summed E-state index contributed by atoms with van der Waals surface area (Å²) >= 11 is 1.92. The number of hydrogen-bond acceptors (Lipinski definition) is 5. The molecule has 0 unspecified atom stereocenters. The summed E-state index contributed by atoms with van der Waals surface area (Å²) in [7, 11) is 0. The van der Waals surface area contributed by atoms with Crippen molar-refractivity contribution >= 4 is 34.4 Å². The quantitative estimate of drug-likeness (QED) is 0.820. The molecule has 4 rings (SSSR count). The van der Waals surface area contributed by atoms with Crippen LogP contribution in [0.5, 0.6) is 0 Å². The molecule has 2 aromatic rings. The van der Waals surface area contributed by atoms with Crippen molar-refractivity contribution in [3.63, 3.8) is 0 Å². The highest BCUT2D eigenvalue weighted by molar-refractivity contribution is 7.99. The van der Waals surface area contributed by atoms with E-state index in [0.29, 0.717) is 17.5 Å². The van der Waals surface area contributed by atoms with E-state index in [1.54, 1.807) is 6.20 Å². The van der Waals surface area contributed by atoms with Crippen molar-refractivity contribution in [3.8, 4) is 0 Å². The minimum Gasteiger partial charge on any atom is -0.381 e. The summed E-state index contributed by atoms with van der Waals surface area (Å²) in [5, 5.41) is 9.19. The normalized spacial score (nSPS) is 19.7. The molecule has 2 fully saturated rings. The van der Waals surface area contributed by atoms with Crippen molar-refractivity contribution in [1.82, 2.24) is 19.7 Å². The van der Waals surface area contributed by atoms with E-state index in [0.717, 1.165) is 47.9 Å². The fourth-order valence-corrected chi connectivity index (χ4v) is 5.40. The SMILES string of the molecule is CCn1ncc2c(N[C@H](C)C3CCCCC3)c(C(=O)N3CCSCC3)cnc21. The number of nitrogens with one attached hydrogen (secondary N) is 1. The average molecular weight is 402 g/mol. The lowest BCUT2D eigenvalue weighted by Crippen LogP contribution is -2.38. The van der Waals surface area contributed by atoms with Gasteiger partial charge in [0.2, 0.25) is 0 Å². The summed E-state index contributed by atoms with van der Waals surface area (Å²) in [6, 6.07) is 0.333. The number of hydrogen-bond donors (Lipinski definition) is 1. The minimum atomic E-state index is 0.0947. The van der Waals surface area contributed by atoms with Gasteiger partial charge in [0, 0.05) is 43.4 Å². The number of pyridine rings is 1. The second-order valence-electron chi connectivity index (χ2n) is 7.98. The maximum absolute atomic E-state index is 13.3. The van der Waals surface area contributed by atoms with Gasteiger partial charge in [0.25, 0.3) is 5.91 Å². The first-order chi connectivity index (χ1) is 13.7. The van der Waals surface area contributed by atoms with Crippen molar-refractivity contribution in [2.75, 3.05) is 29.9 Å². The van der Waals surface area contributed by atoms with E-state index in [1.165, 1.54) is 32.1 Å². The van der Waals surface area contributed by atoms with Gasteiger partial charge in [0.05, 0.1) is 22.8 Å². The van der Waals surface area contributed by atoms with Crippen molar-refractivity contribution in [2.24, 2.45) is 5.92 Å². The van der Waals surface area contributed by atoms with Gasteiger partial charge in [-0.15, -0.1) is 0 Å². The number of thioether (sulfide) groups is 1. The van der Waals surface area contributed by atoms with Gasteiger partial charge < -0.3 is 10.2 Å². The molecule has 0 aromatic carbocycles. The van der Waals surface area contributed by atoms with Crippen molar-refractivity contribution < 1.29 is 4.79 Å². The second kappa shape index (κ2) is 8.72. The molecule has 0 spiro atoms. The predicted octanol–water partition coefficient (Wildman–Crippen LogP) is 4.02. The molecule has 152 valence electrons. The first-order valence-corrected chi connectivity index (χ1v) is 11.8. The molecule has 1 atom stereocenters. The number of aromatic nitrogens is 3. The highest BCUT2D eigenvalue weighted by atomic mass is 32.2. The summed E-state index contributed by atoms with van der Waals surface area (Å²) in [4.78, 5) is 19.9. The molecule has 3 heterocycles. The molecular formula is C21H31N5OS. The Labute approximate surface area is 171 Å². The number of carbonyl (C=O) groups is 1. The lowest BCUT2D eigenvalue weighted by molar-refractivity contribution is 0.0773. The number of aryl methyl sites for hydroxylation is 1. The maximum atomic E-state index is 13.3. The van der Waals surface area contributed by atoms with Crippen LogP contribution in [0.15, 0.2) is 12.4 Å². The lowest BCUT2D eigenvalue weighted by atomic mass is 9.84. The molecule has 1 aliphatic carbocycles. The van der Waals surface area contributed by atoms with Crippen LogP contribution in [0.3, 0.4) is 0 Å². The topological polar surface area (TPSA) is 63.1 Å². The largest absolute Gasteiger partial charge is 0.381 e. The fraction of sp³-hybridized carbons (Fsp3) is 0.667. The van der Waals surface area contributed by atoms with Crippen LogP contribution in [0.2, 0.25) is 0 Å². The number of rotatable bonds is 5. The second-order valence-corrected chi connectivity index (χ2v) is 9.20. The highest BCUT2D eigenvalue weighted by Crippen LogP contribution is 2.32. The van der Waals surface area contributed by atoms with Crippen LogP contribution in [-0.2, 0) is 6.54 Å². The van der Waals surface area contributed by atoms with Crippen LogP contribution in [0, 0.1) is 5.92 Å². The molecule has 0 radical (unpaired) electrons. The molecule has 1 amide bonds. The zero-order valence-corrected chi connectivity index (χ0v) is 17.8. The Bertz CT molecular complexity index is 824. The summed E-state index contributed by atoms with van der Waals surface area (Å²) in [5.74, 6) is 2.78. The van der Waals surface area contributed by atoms with Gasteiger partial charge in [-0.1, -0.05) is 19.3 Å². The van der Waals surface area contributed by atoms with Crippen LogP contribution < -0.4 is 5.32 Å². The van der Waals surface area contributed by atoms with E-state index in [-0.39, 0.29) is 5.91 Å². The number of amides is 1. The van der Waals surface area contributed by atoms with Gasteiger partial charge in [0.1, 0.15) is 0 Å². The Hall–Kier alpha value is -1.76. The molecule has 6 nitrogen and oxygen atoms in total. The number of nitrogens with zero attached hydrogens (tertiary/aromatic N) is 4. The van der Waals surface area contributed by atoms with Crippen molar-refractivity contribution in [2.45, 2.75) is 58.5 Å². The van der Waals surface area contributed by atoms with Crippen molar-refractivity contribution in [3.05, 3.63) is 18.0 Å². The molecule has 2 aliphatic rings. The van der Waals surface area contributed by atoms with Gasteiger partial charge in [0.15, 0.2) is 5.65 Å². The Morgan fingerprint density at radius 2 is 2.00 bits per heavy atom. The number of fused-ring (bicyclic) bond motifs is 1. The maximum Gasteiger partial charge on any atom is 0.257 e. The van der Waals surface area contributed by atoms with Gasteiger partial charge >= 0.3 is 0 Å². The zero-order chi connectivity index (χ0) is 19.5. The van der Waals surface area contributed by atoms with Crippen LogP contribution in [0.25, 0.3) is 11.0 Å². The van der Waals surface area contributed by atoms with E-state index in [2.05, 4.69) is 29.2 Å². The third kappa shape index (κ3) is 3.86. The van der Waals surface area contributed by atoms with Gasteiger partial charge in [-0.25, -0.2) is 9.67 Å². The first kappa shape index (κ1) is 19.6. The third-order valence-electron chi connectivity index (χ3n) is 6.22. The lowest BCUT2D eigenvalue weighted by Gasteiger charge is -2.31. The zero-order valence-electron chi connectivity index (χ0n) is 17.0. The summed E-state index contributed by atoms with van der Waals surface area (Å²) in [5.41, 5.74) is 2.47. The minimum absolute atomic E-state index is 0.0947. The molecule has 1 saturated carbocycles. The molecular weight excluding hydrogens is 370 g/mol. The van der Waals surface area contributed by atoms with Crippen LogP contribution in [0.4, 0.5) is 5.69 Å². The standard InChI is InChI=1S/C21H31N5OS/c1-3-26-20-17(14-23-26)19(24-15(2)16-7-5-4-6-8-16)18(13-22-20)21(27)25-9-11-28-12-10-25/h13-16H,3-12H2,1-2H3,(H,22,24)/t15-/m1/s1. The summed E-state index contributed by atoms with van der Waals surface area (Å²) in [6.07, 6.45) is 10.1. The predicted molar refractivity (Wildman–Crippen MR) is 116 cm³/mol. The van der Waals surface area contributed by atoms with E-state index in [9.17, 15) is 4.79 Å². The fourth-order valence-electron chi connectivity index (χ4n) is 4.49. The molecule has 7 heteroatoms. The number of carbonyl (C=O) groups excluding carboxylic acids is 1. The van der Waals surface area contributed by atoms with E-state index >= 15 is 0 Å². The molecule has 1 saturated heterocycles. The number of anilines is 1. The molecule has 1 N–H and O–H groups in total. The highest BCUT2D eigenvalue weighted by Gasteiger charge is 2.27. The Balaban J connectivity index is 1.69.